The summed E-state index contributed by atoms with van der Waals surface area (Å²) in [5.74, 6) is -0.863. The first-order valence-corrected chi connectivity index (χ1v) is 7.00. The van der Waals surface area contributed by atoms with Gasteiger partial charge in [0, 0.05) is 13.1 Å². The van der Waals surface area contributed by atoms with Gasteiger partial charge >= 0.3 is 0 Å². The van der Waals surface area contributed by atoms with E-state index in [1.54, 1.807) is 17.7 Å². The summed E-state index contributed by atoms with van der Waals surface area (Å²) in [5, 5.41) is 9.40. The first kappa shape index (κ1) is 13.6. The van der Waals surface area contributed by atoms with Crippen molar-refractivity contribution in [2.75, 3.05) is 0 Å². The van der Waals surface area contributed by atoms with E-state index in [0.29, 0.717) is 16.1 Å². The van der Waals surface area contributed by atoms with E-state index >= 15 is 0 Å². The number of nitrogens with zero attached hydrogens (tertiary/aromatic N) is 3. The normalized spacial score (nSPS) is 12.2. The third-order valence-corrected chi connectivity index (χ3v) is 3.74. The van der Waals surface area contributed by atoms with Gasteiger partial charge in [-0.25, -0.2) is 4.98 Å². The van der Waals surface area contributed by atoms with Crippen molar-refractivity contribution in [3.8, 4) is 6.07 Å². The van der Waals surface area contributed by atoms with Gasteiger partial charge in [-0.05, 0) is 28.1 Å². The van der Waals surface area contributed by atoms with Crippen molar-refractivity contribution in [3.05, 3.63) is 52.7 Å². The summed E-state index contributed by atoms with van der Waals surface area (Å²) in [5.41, 5.74) is 1.99. The van der Waals surface area contributed by atoms with Gasteiger partial charge in [0.25, 0.3) is 0 Å². The maximum absolute atomic E-state index is 12.5. The first-order chi connectivity index (χ1) is 10.1. The number of rotatable bonds is 3. The van der Waals surface area contributed by atoms with Crippen LogP contribution in [0.25, 0.3) is 11.0 Å². The Balaban J connectivity index is 2.08. The van der Waals surface area contributed by atoms with Crippen LogP contribution in [0.2, 0.25) is 0 Å². The highest BCUT2D eigenvalue weighted by atomic mass is 79.9. The summed E-state index contributed by atoms with van der Waals surface area (Å²) in [6, 6.07) is 11.1. The van der Waals surface area contributed by atoms with Crippen molar-refractivity contribution in [3.63, 3.8) is 0 Å². The van der Waals surface area contributed by atoms with Crippen LogP contribution in [0.1, 0.15) is 22.1 Å². The zero-order valence-corrected chi connectivity index (χ0v) is 12.7. The van der Waals surface area contributed by atoms with E-state index in [2.05, 4.69) is 20.9 Å². The summed E-state index contributed by atoms with van der Waals surface area (Å²) >= 11 is 3.15. The van der Waals surface area contributed by atoms with Gasteiger partial charge in [-0.1, -0.05) is 12.1 Å². The summed E-state index contributed by atoms with van der Waals surface area (Å²) < 4.78 is 7.29. The second-order valence-electron chi connectivity index (χ2n) is 4.58. The summed E-state index contributed by atoms with van der Waals surface area (Å²) in [6.07, 6.45) is 1.33. The topological polar surface area (TPSA) is 71.8 Å². The molecule has 0 saturated heterocycles. The molecule has 0 saturated carbocycles. The van der Waals surface area contributed by atoms with Crippen LogP contribution in [0.5, 0.6) is 0 Å². The van der Waals surface area contributed by atoms with E-state index in [0.717, 1.165) is 11.0 Å². The zero-order chi connectivity index (χ0) is 15.0. The molecule has 5 nitrogen and oxygen atoms in total. The number of hydrogen-bond donors (Lipinski definition) is 0. The molecule has 2 aromatic heterocycles. The Morgan fingerprint density at radius 3 is 2.86 bits per heavy atom. The lowest BCUT2D eigenvalue weighted by Crippen LogP contribution is -2.15. The van der Waals surface area contributed by atoms with Crippen LogP contribution < -0.4 is 0 Å². The first-order valence-electron chi connectivity index (χ1n) is 6.21. The minimum Gasteiger partial charge on any atom is -0.457 e. The van der Waals surface area contributed by atoms with Gasteiger partial charge in [0.15, 0.2) is 16.4 Å². The molecule has 3 rings (SSSR count). The number of para-hydroxylation sites is 2. The molecular weight excluding hydrogens is 334 g/mol. The third-order valence-electron chi connectivity index (χ3n) is 3.32. The van der Waals surface area contributed by atoms with Gasteiger partial charge in [0.2, 0.25) is 0 Å². The molecule has 0 aliphatic heterocycles. The number of Topliss-reactive ketones (excluding diaryl/α,β-unsaturated/α-hetero) is 1. The molecule has 21 heavy (non-hydrogen) atoms. The highest BCUT2D eigenvalue weighted by molar-refractivity contribution is 9.10. The van der Waals surface area contributed by atoms with Crippen LogP contribution >= 0.6 is 15.9 Å². The van der Waals surface area contributed by atoms with Crippen molar-refractivity contribution in [1.82, 2.24) is 9.55 Å². The number of hydrogen-bond acceptors (Lipinski definition) is 4. The molecule has 0 radical (unpaired) electrons. The molecule has 1 aromatic carbocycles. The van der Waals surface area contributed by atoms with Gasteiger partial charge in [-0.2, -0.15) is 5.26 Å². The zero-order valence-electron chi connectivity index (χ0n) is 11.1. The van der Waals surface area contributed by atoms with Crippen molar-refractivity contribution in [2.45, 2.75) is 5.92 Å². The molecule has 3 aromatic rings. The molecule has 0 amide bonds. The van der Waals surface area contributed by atoms with Crippen LogP contribution in [-0.4, -0.2) is 15.3 Å². The van der Waals surface area contributed by atoms with Crippen LogP contribution in [0.15, 0.2) is 45.7 Å². The van der Waals surface area contributed by atoms with Crippen molar-refractivity contribution in [2.24, 2.45) is 7.05 Å². The van der Waals surface area contributed by atoms with E-state index in [-0.39, 0.29) is 5.78 Å². The highest BCUT2D eigenvalue weighted by Crippen LogP contribution is 2.25. The van der Waals surface area contributed by atoms with Gasteiger partial charge in [0.05, 0.1) is 22.7 Å². The Hall–Kier alpha value is -2.39. The minimum absolute atomic E-state index is 0.328. The van der Waals surface area contributed by atoms with Crippen LogP contribution in [0.3, 0.4) is 0 Å². The molecule has 2 heterocycles. The largest absolute Gasteiger partial charge is 0.457 e. The van der Waals surface area contributed by atoms with E-state index in [4.69, 9.17) is 4.42 Å². The number of halogens is 1. The molecular formula is C15H10BrN3O2. The predicted octanol–water partition coefficient (Wildman–Crippen LogP) is 3.42. The fourth-order valence-electron chi connectivity index (χ4n) is 2.26. The smallest absolute Gasteiger partial charge is 0.190 e. The molecule has 104 valence electrons. The number of aromatic nitrogens is 2. The van der Waals surface area contributed by atoms with Crippen LogP contribution in [-0.2, 0) is 7.05 Å². The number of ketones is 1. The molecule has 1 unspecified atom stereocenters. The third kappa shape index (κ3) is 2.26. The number of nitriles is 1. The average Bonchev–Trinajstić information content (AvgIpc) is 3.05. The Labute approximate surface area is 128 Å². The fourth-order valence-corrected chi connectivity index (χ4v) is 2.60. The average molecular weight is 344 g/mol. The Morgan fingerprint density at radius 2 is 2.24 bits per heavy atom. The predicted molar refractivity (Wildman–Crippen MR) is 79.8 cm³/mol. The standard InChI is InChI=1S/C15H10BrN3O2/c1-19-12-5-3-2-4-11(12)18-15(19)10(7-17)14(20)9-6-13(16)21-8-9/h2-6,8,10H,1H3. The van der Waals surface area contributed by atoms with E-state index < -0.39 is 5.92 Å². The number of carbonyl (C=O) groups is 1. The maximum atomic E-state index is 12.5. The van der Waals surface area contributed by atoms with E-state index in [9.17, 15) is 10.1 Å². The lowest BCUT2D eigenvalue weighted by molar-refractivity contribution is 0.0974. The number of aryl methyl sites for hydroxylation is 1. The van der Waals surface area contributed by atoms with Crippen molar-refractivity contribution >= 4 is 32.7 Å². The molecule has 0 aliphatic rings. The number of carbonyl (C=O) groups excluding carboxylic acids is 1. The second kappa shape index (κ2) is 5.19. The highest BCUT2D eigenvalue weighted by Gasteiger charge is 2.27. The lowest BCUT2D eigenvalue weighted by atomic mass is 10.0. The summed E-state index contributed by atoms with van der Waals surface area (Å²) in [4.78, 5) is 16.9. The fraction of sp³-hybridized carbons (Fsp3) is 0.133. The number of imidazole rings is 1. The van der Waals surface area contributed by atoms with Crippen molar-refractivity contribution in [1.29, 1.82) is 5.26 Å². The molecule has 0 aliphatic carbocycles. The van der Waals surface area contributed by atoms with Gasteiger partial charge < -0.3 is 8.98 Å². The van der Waals surface area contributed by atoms with Crippen LogP contribution in [0.4, 0.5) is 0 Å². The monoisotopic (exact) mass is 343 g/mol. The minimum atomic E-state index is -0.966. The SMILES string of the molecule is Cn1c(C(C#N)C(=O)c2coc(Br)c2)nc2ccccc21. The summed E-state index contributed by atoms with van der Waals surface area (Å²) in [7, 11) is 1.80. The second-order valence-corrected chi connectivity index (χ2v) is 5.37. The van der Waals surface area contributed by atoms with Crippen LogP contribution in [0, 0.1) is 11.3 Å². The molecule has 0 spiro atoms. The Morgan fingerprint density at radius 1 is 1.48 bits per heavy atom. The van der Waals surface area contributed by atoms with Gasteiger partial charge in [-0.15, -0.1) is 0 Å². The number of furan rings is 1. The Bertz CT molecular complexity index is 873. The molecule has 0 bridgehead atoms. The Kier molecular flexibility index (Phi) is 3.35. The van der Waals surface area contributed by atoms with Crippen molar-refractivity contribution < 1.29 is 9.21 Å². The molecule has 0 N–H and O–H groups in total. The number of benzene rings is 1. The van der Waals surface area contributed by atoms with Gasteiger partial charge in [-0.3, -0.25) is 4.79 Å². The molecule has 1 atom stereocenters. The quantitative estimate of drug-likeness (QED) is 0.683. The maximum Gasteiger partial charge on any atom is 0.190 e. The number of fused-ring (bicyclic) bond motifs is 1. The van der Waals surface area contributed by atoms with E-state index in [1.807, 2.05) is 30.3 Å². The summed E-state index contributed by atoms with van der Waals surface area (Å²) in [6.45, 7) is 0. The molecule has 0 fully saturated rings. The lowest BCUT2D eigenvalue weighted by Gasteiger charge is -2.07. The van der Waals surface area contributed by atoms with Gasteiger partial charge in [0.1, 0.15) is 12.1 Å². The van der Waals surface area contributed by atoms with E-state index in [1.165, 1.54) is 6.26 Å². The molecule has 6 heteroatoms.